The third-order valence-electron chi connectivity index (χ3n) is 3.91. The molecule has 3 nitrogen and oxygen atoms in total. The van der Waals surface area contributed by atoms with Crippen molar-refractivity contribution in [1.82, 2.24) is 9.88 Å². The molecular formula is C15H20FN3S. The first-order valence-corrected chi connectivity index (χ1v) is 8.08. The Hall–Kier alpha value is -1.20. The van der Waals surface area contributed by atoms with Crippen LogP contribution in [0.2, 0.25) is 0 Å². The third kappa shape index (κ3) is 3.10. The van der Waals surface area contributed by atoms with Gasteiger partial charge in [0.05, 0.1) is 10.2 Å². The second-order valence-electron chi connectivity index (χ2n) is 5.46. The van der Waals surface area contributed by atoms with Crippen LogP contribution in [-0.2, 0) is 0 Å². The molecule has 2 aromatic rings. The molecule has 0 aliphatic carbocycles. The van der Waals surface area contributed by atoms with Crippen molar-refractivity contribution in [3.05, 3.63) is 24.0 Å². The number of piperidine rings is 1. The van der Waals surface area contributed by atoms with Crippen molar-refractivity contribution < 1.29 is 4.39 Å². The van der Waals surface area contributed by atoms with Gasteiger partial charge in [-0.25, -0.2) is 9.37 Å². The van der Waals surface area contributed by atoms with Crippen molar-refractivity contribution in [2.24, 2.45) is 0 Å². The van der Waals surface area contributed by atoms with E-state index >= 15 is 0 Å². The maximum absolute atomic E-state index is 13.2. The summed E-state index contributed by atoms with van der Waals surface area (Å²) >= 11 is 1.52. The van der Waals surface area contributed by atoms with Gasteiger partial charge < -0.3 is 5.32 Å². The van der Waals surface area contributed by atoms with Gasteiger partial charge >= 0.3 is 0 Å². The Labute approximate surface area is 122 Å². The molecule has 1 aliphatic rings. The van der Waals surface area contributed by atoms with E-state index in [1.54, 1.807) is 12.1 Å². The molecule has 3 rings (SSSR count). The van der Waals surface area contributed by atoms with E-state index in [1.807, 2.05) is 0 Å². The van der Waals surface area contributed by atoms with Crippen LogP contribution in [0.1, 0.15) is 26.2 Å². The van der Waals surface area contributed by atoms with Gasteiger partial charge in [0.2, 0.25) is 0 Å². The zero-order valence-electron chi connectivity index (χ0n) is 11.7. The van der Waals surface area contributed by atoms with Crippen LogP contribution in [0, 0.1) is 5.82 Å². The molecule has 1 unspecified atom stereocenters. The van der Waals surface area contributed by atoms with Gasteiger partial charge in [0.1, 0.15) is 5.82 Å². The molecule has 1 aromatic carbocycles. The average molecular weight is 293 g/mol. The molecule has 1 saturated heterocycles. The first kappa shape index (κ1) is 13.8. The summed E-state index contributed by atoms with van der Waals surface area (Å²) in [5.74, 6) is -0.200. The summed E-state index contributed by atoms with van der Waals surface area (Å²) in [7, 11) is 0. The predicted molar refractivity (Wildman–Crippen MR) is 83.0 cm³/mol. The average Bonchev–Trinajstić information content (AvgIpc) is 2.87. The van der Waals surface area contributed by atoms with Gasteiger partial charge in [-0.1, -0.05) is 17.8 Å². The molecule has 1 N–H and O–H groups in total. The van der Waals surface area contributed by atoms with Crippen molar-refractivity contribution >= 4 is 26.7 Å². The number of anilines is 1. The van der Waals surface area contributed by atoms with E-state index in [0.717, 1.165) is 21.9 Å². The van der Waals surface area contributed by atoms with E-state index in [4.69, 9.17) is 0 Å². The minimum atomic E-state index is -0.200. The summed E-state index contributed by atoms with van der Waals surface area (Å²) in [6.07, 6.45) is 3.98. The van der Waals surface area contributed by atoms with E-state index < -0.39 is 0 Å². The summed E-state index contributed by atoms with van der Waals surface area (Å²) in [6, 6.07) is 5.26. The Bertz CT molecular complexity index is 578. The summed E-state index contributed by atoms with van der Waals surface area (Å²) in [5.41, 5.74) is 0.865. The van der Waals surface area contributed by atoms with E-state index in [-0.39, 0.29) is 5.82 Å². The second-order valence-corrected chi connectivity index (χ2v) is 6.49. The normalized spacial score (nSPS) is 18.3. The molecular weight excluding hydrogens is 273 g/mol. The maximum Gasteiger partial charge on any atom is 0.183 e. The van der Waals surface area contributed by atoms with Crippen molar-refractivity contribution in [3.63, 3.8) is 0 Å². The van der Waals surface area contributed by atoms with Crippen LogP contribution in [0.4, 0.5) is 9.52 Å². The molecule has 2 heterocycles. The number of hydrogen-bond acceptors (Lipinski definition) is 4. The molecule has 108 valence electrons. The van der Waals surface area contributed by atoms with Crippen molar-refractivity contribution in [2.45, 2.75) is 32.2 Å². The van der Waals surface area contributed by atoms with Crippen molar-refractivity contribution in [1.29, 1.82) is 0 Å². The van der Waals surface area contributed by atoms with Crippen molar-refractivity contribution in [2.75, 3.05) is 25.0 Å². The number of thiazole rings is 1. The molecule has 0 saturated carbocycles. The van der Waals surface area contributed by atoms with Crippen LogP contribution in [0.25, 0.3) is 10.2 Å². The summed E-state index contributed by atoms with van der Waals surface area (Å²) < 4.78 is 14.1. The highest BCUT2D eigenvalue weighted by atomic mass is 32.1. The third-order valence-corrected chi connectivity index (χ3v) is 4.89. The first-order valence-electron chi connectivity index (χ1n) is 7.26. The fourth-order valence-corrected chi connectivity index (χ4v) is 3.59. The van der Waals surface area contributed by atoms with Gasteiger partial charge in [0.15, 0.2) is 5.13 Å². The van der Waals surface area contributed by atoms with Crippen LogP contribution in [0.5, 0.6) is 0 Å². The number of fused-ring (bicyclic) bond motifs is 1. The summed E-state index contributed by atoms with van der Waals surface area (Å²) in [6.45, 7) is 5.55. The second kappa shape index (κ2) is 6.06. The largest absolute Gasteiger partial charge is 0.360 e. The lowest BCUT2D eigenvalue weighted by molar-refractivity contribution is 0.180. The van der Waals surface area contributed by atoms with Crippen LogP contribution < -0.4 is 5.32 Å². The topological polar surface area (TPSA) is 28.2 Å². The number of halogens is 1. The zero-order chi connectivity index (χ0) is 13.9. The number of rotatable bonds is 4. The monoisotopic (exact) mass is 293 g/mol. The molecule has 1 aliphatic heterocycles. The summed E-state index contributed by atoms with van der Waals surface area (Å²) in [5, 5.41) is 4.28. The zero-order valence-corrected chi connectivity index (χ0v) is 12.5. The van der Waals surface area contributed by atoms with E-state index in [9.17, 15) is 4.39 Å². The fourth-order valence-electron chi connectivity index (χ4n) is 2.70. The number of hydrogen-bond donors (Lipinski definition) is 1. The fraction of sp³-hybridized carbons (Fsp3) is 0.533. The molecule has 0 radical (unpaired) electrons. The Morgan fingerprint density at radius 2 is 2.15 bits per heavy atom. The molecule has 0 amide bonds. The first-order chi connectivity index (χ1) is 9.72. The lowest BCUT2D eigenvalue weighted by atomic mass is 10.1. The van der Waals surface area contributed by atoms with Gasteiger partial charge in [0.25, 0.3) is 0 Å². The molecule has 5 heteroatoms. The van der Waals surface area contributed by atoms with E-state index in [2.05, 4.69) is 22.1 Å². The highest BCUT2D eigenvalue weighted by molar-refractivity contribution is 7.22. The van der Waals surface area contributed by atoms with Crippen LogP contribution in [-0.4, -0.2) is 35.6 Å². The Balaban J connectivity index is 1.61. The maximum atomic E-state index is 13.2. The van der Waals surface area contributed by atoms with Gasteiger partial charge in [-0.2, -0.15) is 0 Å². The minimum Gasteiger partial charge on any atom is -0.360 e. The minimum absolute atomic E-state index is 0.200. The smallest absolute Gasteiger partial charge is 0.183 e. The lowest BCUT2D eigenvalue weighted by Crippen LogP contribution is -2.41. The van der Waals surface area contributed by atoms with Gasteiger partial charge in [-0.05, 0) is 51.1 Å². The quantitative estimate of drug-likeness (QED) is 0.931. The molecule has 1 atom stereocenters. The van der Waals surface area contributed by atoms with Crippen LogP contribution in [0.3, 0.4) is 0 Å². The van der Waals surface area contributed by atoms with Gasteiger partial charge in [-0.15, -0.1) is 0 Å². The van der Waals surface area contributed by atoms with Crippen LogP contribution >= 0.6 is 11.3 Å². The molecule has 0 bridgehead atoms. The van der Waals surface area contributed by atoms with E-state index in [0.29, 0.717) is 6.04 Å². The van der Waals surface area contributed by atoms with E-state index in [1.165, 1.54) is 49.8 Å². The van der Waals surface area contributed by atoms with Crippen molar-refractivity contribution in [3.8, 4) is 0 Å². The lowest BCUT2D eigenvalue weighted by Gasteiger charge is -2.32. The SMILES string of the molecule is CC(CNc1nc2ccc(F)cc2s1)N1CCCCC1. The Morgan fingerprint density at radius 3 is 2.95 bits per heavy atom. The summed E-state index contributed by atoms with van der Waals surface area (Å²) in [4.78, 5) is 7.02. The molecule has 1 fully saturated rings. The van der Waals surface area contributed by atoms with Gasteiger partial charge in [-0.3, -0.25) is 4.90 Å². The molecule has 20 heavy (non-hydrogen) atoms. The number of nitrogens with one attached hydrogen (secondary N) is 1. The molecule has 0 spiro atoms. The number of benzene rings is 1. The molecule has 1 aromatic heterocycles. The Morgan fingerprint density at radius 1 is 1.35 bits per heavy atom. The highest BCUT2D eigenvalue weighted by Crippen LogP contribution is 2.26. The standard InChI is InChI=1S/C15H20FN3S/c1-11(19-7-3-2-4-8-19)10-17-15-18-13-6-5-12(16)9-14(13)20-15/h5-6,9,11H,2-4,7-8,10H2,1H3,(H,17,18). The number of aromatic nitrogens is 1. The number of likely N-dealkylation sites (tertiary alicyclic amines) is 1. The Kier molecular flexibility index (Phi) is 4.17. The van der Waals surface area contributed by atoms with Crippen LogP contribution in [0.15, 0.2) is 18.2 Å². The predicted octanol–water partition coefficient (Wildman–Crippen LogP) is 3.72. The van der Waals surface area contributed by atoms with Gasteiger partial charge in [0, 0.05) is 12.6 Å². The number of nitrogens with zero attached hydrogens (tertiary/aromatic N) is 2. The highest BCUT2D eigenvalue weighted by Gasteiger charge is 2.16.